The highest BCUT2D eigenvalue weighted by Gasteiger charge is 2.38. The summed E-state index contributed by atoms with van der Waals surface area (Å²) in [4.78, 5) is 42.1. The van der Waals surface area contributed by atoms with Crippen molar-refractivity contribution in [2.24, 2.45) is 0 Å². The van der Waals surface area contributed by atoms with E-state index < -0.39 is 17.8 Å². The third-order valence-corrected chi connectivity index (χ3v) is 6.84. The third-order valence-electron chi connectivity index (χ3n) is 6.59. The maximum atomic E-state index is 13.6. The average molecular weight is 535 g/mol. The molecule has 2 atom stereocenters. The predicted molar refractivity (Wildman–Crippen MR) is 147 cm³/mol. The van der Waals surface area contributed by atoms with Crippen LogP contribution in [0.25, 0.3) is 6.08 Å². The number of benzene rings is 3. The van der Waals surface area contributed by atoms with E-state index in [1.165, 1.54) is 37.5 Å². The first kappa shape index (κ1) is 27.1. The molecule has 0 spiro atoms. The Bertz CT molecular complexity index is 1370. The van der Waals surface area contributed by atoms with E-state index in [0.717, 1.165) is 5.56 Å². The van der Waals surface area contributed by atoms with E-state index in [4.69, 9.17) is 16.3 Å². The SMILES string of the molecule is CCC(=O)N(c1ccc(Cl)cc1)C1CC(C)N(C(=O)c2ccc(F)cc2)c2ccc(/C=C/C(=O)OC)cc21. The van der Waals surface area contributed by atoms with Crippen LogP contribution in [0.5, 0.6) is 0 Å². The number of ether oxygens (including phenoxy) is 1. The van der Waals surface area contributed by atoms with Crippen LogP contribution in [0.3, 0.4) is 0 Å². The van der Waals surface area contributed by atoms with Gasteiger partial charge < -0.3 is 14.5 Å². The molecule has 6 nitrogen and oxygen atoms in total. The Morgan fingerprint density at radius 1 is 1.08 bits per heavy atom. The summed E-state index contributed by atoms with van der Waals surface area (Å²) in [6.45, 7) is 3.73. The molecule has 0 fully saturated rings. The molecule has 196 valence electrons. The normalized spacial score (nSPS) is 16.7. The van der Waals surface area contributed by atoms with Crippen LogP contribution >= 0.6 is 11.6 Å². The Hall–Kier alpha value is -3.97. The van der Waals surface area contributed by atoms with Crippen LogP contribution in [0.2, 0.25) is 5.02 Å². The smallest absolute Gasteiger partial charge is 0.330 e. The van der Waals surface area contributed by atoms with E-state index in [1.54, 1.807) is 53.1 Å². The highest BCUT2D eigenvalue weighted by atomic mass is 35.5. The molecular formula is C30H28ClFN2O4. The van der Waals surface area contributed by atoms with Crippen LogP contribution in [0.4, 0.5) is 15.8 Å². The fourth-order valence-electron chi connectivity index (χ4n) is 4.74. The minimum atomic E-state index is -0.495. The molecule has 0 bridgehead atoms. The largest absolute Gasteiger partial charge is 0.466 e. The number of anilines is 2. The molecule has 0 saturated carbocycles. The average Bonchev–Trinajstić information content (AvgIpc) is 2.92. The van der Waals surface area contributed by atoms with Gasteiger partial charge in [-0.2, -0.15) is 0 Å². The molecule has 0 N–H and O–H groups in total. The quantitative estimate of drug-likeness (QED) is 0.264. The third kappa shape index (κ3) is 5.63. The number of fused-ring (bicyclic) bond motifs is 1. The molecule has 0 aromatic heterocycles. The van der Waals surface area contributed by atoms with E-state index in [2.05, 4.69) is 0 Å². The van der Waals surface area contributed by atoms with Crippen LogP contribution in [0.15, 0.2) is 72.8 Å². The Morgan fingerprint density at radius 3 is 2.39 bits per heavy atom. The van der Waals surface area contributed by atoms with Crippen molar-refractivity contribution in [3.05, 3.63) is 100 Å². The summed E-state index contributed by atoms with van der Waals surface area (Å²) in [5.41, 5.74) is 3.15. The fraction of sp³-hybridized carbons (Fsp3) is 0.233. The van der Waals surface area contributed by atoms with Gasteiger partial charge in [-0.15, -0.1) is 0 Å². The number of hydrogen-bond acceptors (Lipinski definition) is 4. The summed E-state index contributed by atoms with van der Waals surface area (Å²) in [5.74, 6) is -1.27. The van der Waals surface area contributed by atoms with Gasteiger partial charge in [-0.05, 0) is 91.2 Å². The first-order chi connectivity index (χ1) is 18.2. The lowest BCUT2D eigenvalue weighted by Gasteiger charge is -2.43. The van der Waals surface area contributed by atoms with Crippen LogP contribution in [-0.2, 0) is 14.3 Å². The number of nitrogens with zero attached hydrogens (tertiary/aromatic N) is 2. The van der Waals surface area contributed by atoms with Crippen LogP contribution in [-0.4, -0.2) is 30.9 Å². The fourth-order valence-corrected chi connectivity index (χ4v) is 4.87. The summed E-state index contributed by atoms with van der Waals surface area (Å²) < 4.78 is 18.2. The Kier molecular flexibility index (Phi) is 8.27. The van der Waals surface area contributed by atoms with Gasteiger partial charge in [-0.25, -0.2) is 9.18 Å². The van der Waals surface area contributed by atoms with Crippen molar-refractivity contribution in [3.63, 3.8) is 0 Å². The van der Waals surface area contributed by atoms with Crippen molar-refractivity contribution < 1.29 is 23.5 Å². The minimum absolute atomic E-state index is 0.0794. The molecule has 38 heavy (non-hydrogen) atoms. The molecule has 2 unspecified atom stereocenters. The van der Waals surface area contributed by atoms with Crippen molar-refractivity contribution in [2.45, 2.75) is 38.8 Å². The van der Waals surface area contributed by atoms with Crippen molar-refractivity contribution in [1.82, 2.24) is 0 Å². The zero-order chi connectivity index (χ0) is 27.4. The summed E-state index contributed by atoms with van der Waals surface area (Å²) in [6.07, 6.45) is 3.68. The Morgan fingerprint density at radius 2 is 1.76 bits per heavy atom. The first-order valence-electron chi connectivity index (χ1n) is 12.3. The van der Waals surface area contributed by atoms with Crippen LogP contribution in [0.1, 0.15) is 54.2 Å². The van der Waals surface area contributed by atoms with Gasteiger partial charge in [0.05, 0.1) is 13.2 Å². The standard InChI is InChI=1S/C30H28ClFN2O4/c1-4-28(35)34(24-13-9-22(31)10-14-24)27-17-19(2)33(30(37)21-7-11-23(32)12-8-21)26-15-5-20(18-25(26)27)6-16-29(36)38-3/h5-16,18-19,27H,4,17H2,1-3H3/b16-6+. The zero-order valence-electron chi connectivity index (χ0n) is 21.4. The molecule has 2 amide bonds. The zero-order valence-corrected chi connectivity index (χ0v) is 22.1. The van der Waals surface area contributed by atoms with Gasteiger partial charge in [0.25, 0.3) is 5.91 Å². The second-order valence-corrected chi connectivity index (χ2v) is 9.49. The van der Waals surface area contributed by atoms with Gasteiger partial charge in [-0.1, -0.05) is 24.6 Å². The number of halogens is 2. The highest BCUT2D eigenvalue weighted by molar-refractivity contribution is 6.30. The van der Waals surface area contributed by atoms with E-state index in [1.807, 2.05) is 19.1 Å². The van der Waals surface area contributed by atoms with Crippen molar-refractivity contribution in [1.29, 1.82) is 0 Å². The van der Waals surface area contributed by atoms with Crippen molar-refractivity contribution in [3.8, 4) is 0 Å². The lowest BCUT2D eigenvalue weighted by atomic mass is 9.88. The Balaban J connectivity index is 1.86. The summed E-state index contributed by atoms with van der Waals surface area (Å²) >= 11 is 6.12. The second kappa shape index (κ2) is 11.6. The van der Waals surface area contributed by atoms with E-state index >= 15 is 0 Å². The van der Waals surface area contributed by atoms with E-state index in [0.29, 0.717) is 33.9 Å². The van der Waals surface area contributed by atoms with Gasteiger partial charge in [0.1, 0.15) is 5.82 Å². The first-order valence-corrected chi connectivity index (χ1v) is 12.7. The number of esters is 1. The van der Waals surface area contributed by atoms with Gasteiger partial charge >= 0.3 is 5.97 Å². The van der Waals surface area contributed by atoms with Crippen molar-refractivity contribution in [2.75, 3.05) is 16.9 Å². The molecule has 0 saturated heterocycles. The molecule has 3 aromatic rings. The predicted octanol–water partition coefficient (Wildman–Crippen LogP) is 6.59. The van der Waals surface area contributed by atoms with E-state index in [-0.39, 0.29) is 24.3 Å². The maximum absolute atomic E-state index is 13.6. The number of carbonyl (C=O) groups excluding carboxylic acids is 3. The number of methoxy groups -OCH3 is 1. The van der Waals surface area contributed by atoms with Crippen LogP contribution < -0.4 is 9.80 Å². The number of rotatable bonds is 6. The van der Waals surface area contributed by atoms with Crippen molar-refractivity contribution >= 4 is 46.8 Å². The second-order valence-electron chi connectivity index (χ2n) is 9.05. The molecule has 0 aliphatic carbocycles. The molecule has 8 heteroatoms. The topological polar surface area (TPSA) is 66.9 Å². The van der Waals surface area contributed by atoms with Gasteiger partial charge in [0, 0.05) is 40.5 Å². The number of hydrogen-bond donors (Lipinski definition) is 0. The maximum Gasteiger partial charge on any atom is 0.330 e. The van der Waals surface area contributed by atoms with Crippen LogP contribution in [0, 0.1) is 5.82 Å². The van der Waals surface area contributed by atoms with Gasteiger partial charge in [0.2, 0.25) is 5.91 Å². The molecule has 0 radical (unpaired) electrons. The molecule has 3 aromatic carbocycles. The monoisotopic (exact) mass is 534 g/mol. The molecule has 1 aliphatic heterocycles. The summed E-state index contributed by atoms with van der Waals surface area (Å²) in [5, 5.41) is 0.557. The molecule has 1 heterocycles. The van der Waals surface area contributed by atoms with E-state index in [9.17, 15) is 18.8 Å². The molecule has 1 aliphatic rings. The summed E-state index contributed by atoms with van der Waals surface area (Å²) in [6, 6.07) is 17.3. The number of amides is 2. The highest BCUT2D eigenvalue weighted by Crippen LogP contribution is 2.43. The summed E-state index contributed by atoms with van der Waals surface area (Å²) in [7, 11) is 1.30. The van der Waals surface area contributed by atoms with Gasteiger partial charge in [0.15, 0.2) is 0 Å². The lowest BCUT2D eigenvalue weighted by molar-refractivity contribution is -0.134. The van der Waals surface area contributed by atoms with Gasteiger partial charge in [-0.3, -0.25) is 9.59 Å². The number of carbonyl (C=O) groups is 3. The Labute approximate surface area is 226 Å². The molecular weight excluding hydrogens is 507 g/mol. The lowest BCUT2D eigenvalue weighted by Crippen LogP contribution is -2.47. The molecule has 4 rings (SSSR count). The minimum Gasteiger partial charge on any atom is -0.466 e.